The highest BCUT2D eigenvalue weighted by Gasteiger charge is 2.32. The number of fused-ring (bicyclic) bond motifs is 2. The number of piperidine rings is 2. The van der Waals surface area contributed by atoms with Gasteiger partial charge in [-0.15, -0.1) is 0 Å². The fourth-order valence-corrected chi connectivity index (χ4v) is 9.92. The molecule has 6 heterocycles. The lowest BCUT2D eigenvalue weighted by Gasteiger charge is -2.40. The predicted octanol–water partition coefficient (Wildman–Crippen LogP) is 4.75. The third-order valence-electron chi connectivity index (χ3n) is 13.5. The number of imidazole rings is 1. The fraction of sp³-hybridized carbons (Fsp3) is 0.354. The summed E-state index contributed by atoms with van der Waals surface area (Å²) in [6.45, 7) is 7.25. The number of amides is 3. The maximum Gasteiger partial charge on any atom is 0.329 e. The van der Waals surface area contributed by atoms with E-state index in [1.807, 2.05) is 41.2 Å². The molecule has 0 bridgehead atoms. The molecule has 3 fully saturated rings. The highest BCUT2D eigenvalue weighted by Crippen LogP contribution is 2.35. The Kier molecular flexibility index (Phi) is 10.5. The number of aromatic nitrogens is 4. The lowest BCUT2D eigenvalue weighted by atomic mass is 9.95. The summed E-state index contributed by atoms with van der Waals surface area (Å²) in [7, 11) is 3.43. The highest BCUT2D eigenvalue weighted by atomic mass is 16.5. The number of hydrogen-bond acceptors (Lipinski definition) is 10. The van der Waals surface area contributed by atoms with E-state index in [1.54, 1.807) is 18.7 Å². The predicted molar refractivity (Wildman–Crippen MR) is 244 cm³/mol. The van der Waals surface area contributed by atoms with Gasteiger partial charge in [0.25, 0.3) is 5.91 Å². The lowest BCUT2D eigenvalue weighted by molar-refractivity contribution is -0.135. The van der Waals surface area contributed by atoms with E-state index in [4.69, 9.17) is 15.6 Å². The van der Waals surface area contributed by atoms with Crippen LogP contribution >= 0.6 is 0 Å². The van der Waals surface area contributed by atoms with Crippen LogP contribution in [0.2, 0.25) is 0 Å². The van der Waals surface area contributed by atoms with Crippen LogP contribution in [0.15, 0.2) is 89.9 Å². The van der Waals surface area contributed by atoms with E-state index in [0.717, 1.165) is 121 Å². The van der Waals surface area contributed by atoms with E-state index in [2.05, 4.69) is 73.9 Å². The Bertz CT molecular complexity index is 2830. The first kappa shape index (κ1) is 40.2. The summed E-state index contributed by atoms with van der Waals surface area (Å²) in [6.07, 6.45) is 5.45. The minimum Gasteiger partial charge on any atom is -0.497 e. The van der Waals surface area contributed by atoms with Crippen LogP contribution in [0.3, 0.4) is 0 Å². The molecule has 4 aromatic carbocycles. The van der Waals surface area contributed by atoms with Gasteiger partial charge in [-0.05, 0) is 108 Å². The number of hydrogen-bond donors (Lipinski definition) is 3. The number of imide groups is 1. The number of anilines is 3. The van der Waals surface area contributed by atoms with E-state index >= 15 is 0 Å². The summed E-state index contributed by atoms with van der Waals surface area (Å²) in [6, 6.07) is 26.0. The van der Waals surface area contributed by atoms with Crippen molar-refractivity contribution in [3.8, 4) is 33.7 Å². The van der Waals surface area contributed by atoms with E-state index in [1.165, 1.54) is 4.57 Å². The molecule has 1 unspecified atom stereocenters. The van der Waals surface area contributed by atoms with Gasteiger partial charge in [0.1, 0.15) is 11.8 Å². The molecule has 0 spiro atoms. The molecule has 10 rings (SSSR count). The number of nitrogen functional groups attached to an aromatic ring is 1. The lowest BCUT2D eigenvalue weighted by Crippen LogP contribution is -2.49. The summed E-state index contributed by atoms with van der Waals surface area (Å²) in [5.74, 6) is 1.05. The van der Waals surface area contributed by atoms with Gasteiger partial charge in [0.15, 0.2) is 5.82 Å². The Morgan fingerprint density at radius 2 is 1.54 bits per heavy atom. The molecule has 4 N–H and O–H groups in total. The van der Waals surface area contributed by atoms with Crippen molar-refractivity contribution in [2.45, 2.75) is 38.1 Å². The van der Waals surface area contributed by atoms with Gasteiger partial charge in [0, 0.05) is 94.5 Å². The van der Waals surface area contributed by atoms with Crippen LogP contribution in [0.1, 0.15) is 47.6 Å². The van der Waals surface area contributed by atoms with Crippen LogP contribution in [0.4, 0.5) is 17.2 Å². The van der Waals surface area contributed by atoms with Crippen LogP contribution in [-0.4, -0.2) is 101 Å². The molecule has 4 aliphatic heterocycles. The van der Waals surface area contributed by atoms with Crippen LogP contribution in [-0.2, 0) is 23.1 Å². The number of nitrogens with two attached hydrogens (primary N) is 1. The normalized spacial score (nSPS) is 18.7. The average Bonchev–Trinajstić information content (AvgIpc) is 3.82. The summed E-state index contributed by atoms with van der Waals surface area (Å²) in [4.78, 5) is 57.6. The van der Waals surface area contributed by atoms with Crippen molar-refractivity contribution in [3.63, 3.8) is 0 Å². The molecule has 63 heavy (non-hydrogen) atoms. The fourth-order valence-electron chi connectivity index (χ4n) is 9.92. The zero-order chi connectivity index (χ0) is 43.4. The maximum absolute atomic E-state index is 13.3. The van der Waals surface area contributed by atoms with Crippen LogP contribution in [0, 0.1) is 5.92 Å². The first-order valence-corrected chi connectivity index (χ1v) is 21.9. The smallest absolute Gasteiger partial charge is 0.329 e. The summed E-state index contributed by atoms with van der Waals surface area (Å²) in [5, 5.41) is 10.1. The average molecular weight is 849 g/mol. The third-order valence-corrected chi connectivity index (χ3v) is 13.5. The molecule has 15 nitrogen and oxygen atoms in total. The van der Waals surface area contributed by atoms with Crippen molar-refractivity contribution >= 4 is 45.9 Å². The topological polar surface area (TPSA) is 165 Å². The molecule has 1 atom stereocenters. The van der Waals surface area contributed by atoms with Gasteiger partial charge in [-0.2, -0.15) is 5.10 Å². The van der Waals surface area contributed by atoms with Gasteiger partial charge >= 0.3 is 5.69 Å². The maximum atomic E-state index is 13.3. The Labute approximate surface area is 365 Å². The molecular weight excluding hydrogens is 797 g/mol. The minimum atomic E-state index is -0.695. The van der Waals surface area contributed by atoms with Crippen molar-refractivity contribution in [3.05, 3.63) is 107 Å². The Morgan fingerprint density at radius 3 is 2.33 bits per heavy atom. The first-order valence-electron chi connectivity index (χ1n) is 21.9. The van der Waals surface area contributed by atoms with Gasteiger partial charge in [-0.1, -0.05) is 24.3 Å². The molecule has 3 amide bonds. The van der Waals surface area contributed by atoms with Crippen molar-refractivity contribution in [2.75, 3.05) is 75.0 Å². The van der Waals surface area contributed by atoms with Crippen LogP contribution in [0.25, 0.3) is 39.0 Å². The number of methoxy groups -OCH3 is 1. The molecule has 0 saturated carbocycles. The highest BCUT2D eigenvalue weighted by molar-refractivity contribution is 6.00. The minimum absolute atomic E-state index is 0.0412. The summed E-state index contributed by atoms with van der Waals surface area (Å²) in [5.41, 5.74) is 16.5. The zero-order valence-electron chi connectivity index (χ0n) is 35.7. The van der Waals surface area contributed by atoms with Gasteiger partial charge in [-0.25, -0.2) is 9.48 Å². The SMILES string of the molecule is COc1cccc(-c2cc(N3CCN(CC4CCN(c5ccc6c(c5)n(C)c(=O)n6C5CCC(=O)NC5=O)CC4)CC3)cc(-n3cc(-c4ccc5c(c4)CCNC5=O)c(N)n3)c2)c1. The molecule has 2 aromatic heterocycles. The Balaban J connectivity index is 0.816. The number of aryl methyl sites for hydroxylation is 1. The molecule has 0 aliphatic carbocycles. The second-order valence-corrected chi connectivity index (χ2v) is 17.3. The molecule has 324 valence electrons. The van der Waals surface area contributed by atoms with E-state index < -0.39 is 11.9 Å². The van der Waals surface area contributed by atoms with E-state index in [9.17, 15) is 19.2 Å². The number of piperazine rings is 1. The molecule has 15 heteroatoms. The van der Waals surface area contributed by atoms with Gasteiger partial charge in [-0.3, -0.25) is 33.7 Å². The van der Waals surface area contributed by atoms with Crippen molar-refractivity contribution in [2.24, 2.45) is 13.0 Å². The summed E-state index contributed by atoms with van der Waals surface area (Å²) < 4.78 is 10.6. The quantitative estimate of drug-likeness (QED) is 0.173. The first-order chi connectivity index (χ1) is 30.6. The van der Waals surface area contributed by atoms with Crippen molar-refractivity contribution < 1.29 is 19.1 Å². The number of nitrogens with zero attached hydrogens (tertiary/aromatic N) is 7. The van der Waals surface area contributed by atoms with Crippen molar-refractivity contribution in [1.82, 2.24) is 34.4 Å². The molecule has 0 radical (unpaired) electrons. The molecule has 6 aromatic rings. The second-order valence-electron chi connectivity index (χ2n) is 17.3. The molecular formula is C48H52N10O5. The van der Waals surface area contributed by atoms with Gasteiger partial charge < -0.3 is 25.6 Å². The van der Waals surface area contributed by atoms with E-state index in [-0.39, 0.29) is 23.9 Å². The molecule has 4 aliphatic rings. The monoisotopic (exact) mass is 848 g/mol. The standard InChI is InChI=1S/C48H52N10O5/c1-53-43-27-35(7-9-41(43)58(48(53)62)42-10-11-44(59)51-47(42)61)55-16-13-30(14-17-55)28-54-18-20-56(21-19-54)36-23-34(31-4-3-5-38(25-31)63-2)24-37(26-36)57-29-40(45(49)52-57)32-6-8-39-33(22-32)12-15-50-46(39)60/h3-9,22-27,29-30,42H,10-21,28H2,1-2H3,(H2,49,52)(H,50,60)(H,51,59,61). The van der Waals surface area contributed by atoms with Crippen molar-refractivity contribution in [1.29, 1.82) is 0 Å². The molecule has 3 saturated heterocycles. The van der Waals surface area contributed by atoms with Gasteiger partial charge in [0.05, 0.1) is 23.8 Å². The number of nitrogens with one attached hydrogen (secondary N) is 2. The van der Waals surface area contributed by atoms with Gasteiger partial charge in [0.2, 0.25) is 11.8 Å². The zero-order valence-corrected chi connectivity index (χ0v) is 35.7. The second kappa shape index (κ2) is 16.4. The number of rotatable bonds is 9. The van der Waals surface area contributed by atoms with Crippen LogP contribution < -0.4 is 36.6 Å². The number of benzene rings is 4. The largest absolute Gasteiger partial charge is 0.497 e. The van der Waals surface area contributed by atoms with E-state index in [0.29, 0.717) is 35.8 Å². The third kappa shape index (κ3) is 7.70. The number of carbonyl (C=O) groups is 3. The Morgan fingerprint density at radius 1 is 0.746 bits per heavy atom. The Hall–Kier alpha value is -6.87. The van der Waals surface area contributed by atoms with Crippen LogP contribution in [0.5, 0.6) is 5.75 Å². The number of carbonyl (C=O) groups excluding carboxylic acids is 3. The number of ether oxygens (including phenoxy) is 1. The summed E-state index contributed by atoms with van der Waals surface area (Å²) >= 11 is 0.